The molecule has 0 aromatic rings. The van der Waals surface area contributed by atoms with Gasteiger partial charge in [-0.15, -0.1) is 0 Å². The molecule has 1 heterocycles. The SMILES string of the molecule is B[C@]1(C)O[C@H](CO)[C@@H](O)[C@H]1O. The molecule has 11 heavy (non-hydrogen) atoms. The van der Waals surface area contributed by atoms with Crippen LogP contribution >= 0.6 is 0 Å². The molecule has 4 nitrogen and oxygen atoms in total. The highest BCUT2D eigenvalue weighted by atomic mass is 16.6. The summed E-state index contributed by atoms with van der Waals surface area (Å²) in [7, 11) is 1.68. The quantitative estimate of drug-likeness (QED) is 0.369. The molecule has 0 aromatic carbocycles. The van der Waals surface area contributed by atoms with E-state index in [2.05, 4.69) is 0 Å². The summed E-state index contributed by atoms with van der Waals surface area (Å²) >= 11 is 0. The second-order valence-electron chi connectivity index (χ2n) is 3.38. The van der Waals surface area contributed by atoms with Gasteiger partial charge in [-0.25, -0.2) is 0 Å². The largest absolute Gasteiger partial charge is 0.394 e. The van der Waals surface area contributed by atoms with E-state index < -0.39 is 23.8 Å². The van der Waals surface area contributed by atoms with Crippen LogP contribution in [0.4, 0.5) is 0 Å². The van der Waals surface area contributed by atoms with Gasteiger partial charge in [-0.1, -0.05) is 0 Å². The van der Waals surface area contributed by atoms with Gasteiger partial charge in [-0.05, 0) is 6.92 Å². The van der Waals surface area contributed by atoms with Crippen LogP contribution in [0.1, 0.15) is 6.92 Å². The minimum Gasteiger partial charge on any atom is -0.394 e. The molecule has 1 saturated heterocycles. The number of hydrogen-bond acceptors (Lipinski definition) is 4. The molecule has 0 radical (unpaired) electrons. The van der Waals surface area contributed by atoms with Gasteiger partial charge in [0.1, 0.15) is 26.2 Å². The first kappa shape index (κ1) is 9.00. The van der Waals surface area contributed by atoms with Crippen molar-refractivity contribution < 1.29 is 20.1 Å². The summed E-state index contributed by atoms with van der Waals surface area (Å²) in [6.07, 6.45) is -2.55. The zero-order valence-electron chi connectivity index (χ0n) is 6.69. The first-order valence-electron chi connectivity index (χ1n) is 3.64. The minimum absolute atomic E-state index is 0.262. The highest BCUT2D eigenvalue weighted by Gasteiger charge is 2.47. The van der Waals surface area contributed by atoms with Crippen molar-refractivity contribution in [3.63, 3.8) is 0 Å². The van der Waals surface area contributed by atoms with Gasteiger partial charge in [-0.3, -0.25) is 0 Å². The van der Waals surface area contributed by atoms with E-state index in [9.17, 15) is 10.2 Å². The Labute approximate surface area is 66.2 Å². The van der Waals surface area contributed by atoms with Crippen molar-refractivity contribution in [3.8, 4) is 0 Å². The fraction of sp³-hybridized carbons (Fsp3) is 1.00. The fourth-order valence-corrected chi connectivity index (χ4v) is 1.29. The molecule has 1 rings (SSSR count). The molecular weight excluding hydrogens is 147 g/mol. The summed E-state index contributed by atoms with van der Waals surface area (Å²) in [5.41, 5.74) is -0.757. The predicted molar refractivity (Wildman–Crippen MR) is 40.9 cm³/mol. The van der Waals surface area contributed by atoms with Crippen molar-refractivity contribution in [2.24, 2.45) is 0 Å². The lowest BCUT2D eigenvalue weighted by Gasteiger charge is -2.21. The summed E-state index contributed by atoms with van der Waals surface area (Å²) in [6.45, 7) is 1.41. The third kappa shape index (κ3) is 1.42. The Morgan fingerprint density at radius 3 is 2.27 bits per heavy atom. The standard InChI is InChI=1S/C6H13BO4/c1-6(7)5(10)4(9)3(2-8)11-6/h3-5,8-10H,2,7H2,1H3/t3-,4-,5-,6-/m1/s1. The van der Waals surface area contributed by atoms with Gasteiger partial charge < -0.3 is 20.1 Å². The molecule has 0 saturated carbocycles. The lowest BCUT2D eigenvalue weighted by Crippen LogP contribution is -2.40. The number of hydrogen-bond donors (Lipinski definition) is 3. The molecule has 1 aliphatic heterocycles. The minimum atomic E-state index is -0.977. The molecule has 64 valence electrons. The third-order valence-electron chi connectivity index (χ3n) is 2.05. The van der Waals surface area contributed by atoms with Crippen molar-refractivity contribution in [3.05, 3.63) is 0 Å². The van der Waals surface area contributed by atoms with Gasteiger partial charge >= 0.3 is 0 Å². The maximum atomic E-state index is 9.34. The normalized spacial score (nSPS) is 51.5. The molecule has 0 amide bonds. The number of aliphatic hydroxyl groups is 3. The summed E-state index contributed by atoms with van der Waals surface area (Å²) < 4.78 is 5.17. The fourth-order valence-electron chi connectivity index (χ4n) is 1.29. The summed E-state index contributed by atoms with van der Waals surface area (Å²) in [4.78, 5) is 0. The Hall–Kier alpha value is -0.0951. The van der Waals surface area contributed by atoms with E-state index in [0.717, 1.165) is 0 Å². The average Bonchev–Trinajstić information content (AvgIpc) is 2.13. The van der Waals surface area contributed by atoms with Crippen molar-refractivity contribution in [1.82, 2.24) is 0 Å². The van der Waals surface area contributed by atoms with E-state index in [1.807, 2.05) is 0 Å². The monoisotopic (exact) mass is 160 g/mol. The summed E-state index contributed by atoms with van der Waals surface area (Å²) in [5, 5.41) is 27.3. The van der Waals surface area contributed by atoms with Crippen LogP contribution in [0.5, 0.6) is 0 Å². The van der Waals surface area contributed by atoms with Gasteiger partial charge in [0.15, 0.2) is 0 Å². The molecule has 0 aliphatic carbocycles. The number of ether oxygens (including phenoxy) is 1. The molecule has 1 aliphatic rings. The maximum absolute atomic E-state index is 9.34. The second kappa shape index (κ2) is 2.75. The Morgan fingerprint density at radius 1 is 1.55 bits per heavy atom. The highest BCUT2D eigenvalue weighted by Crippen LogP contribution is 2.27. The van der Waals surface area contributed by atoms with Crippen LogP contribution in [0.25, 0.3) is 0 Å². The van der Waals surface area contributed by atoms with Gasteiger partial charge in [0, 0.05) is 0 Å². The van der Waals surface area contributed by atoms with Crippen LogP contribution < -0.4 is 0 Å². The Bertz CT molecular complexity index is 150. The first-order valence-corrected chi connectivity index (χ1v) is 3.64. The zero-order chi connectivity index (χ0) is 8.65. The van der Waals surface area contributed by atoms with Gasteiger partial charge in [0.05, 0.1) is 12.1 Å². The van der Waals surface area contributed by atoms with Crippen molar-refractivity contribution in [2.75, 3.05) is 6.61 Å². The number of aliphatic hydroxyl groups excluding tert-OH is 3. The molecule has 5 heteroatoms. The molecule has 0 unspecified atom stereocenters. The molecule has 1 fully saturated rings. The maximum Gasteiger partial charge on any atom is 0.146 e. The van der Waals surface area contributed by atoms with Crippen LogP contribution in [0, 0.1) is 0 Å². The van der Waals surface area contributed by atoms with E-state index in [1.165, 1.54) is 0 Å². The topological polar surface area (TPSA) is 69.9 Å². The first-order chi connectivity index (χ1) is 4.99. The molecule has 0 aromatic heterocycles. The zero-order valence-corrected chi connectivity index (χ0v) is 6.69. The van der Waals surface area contributed by atoms with Gasteiger partial charge in [0.25, 0.3) is 0 Å². The summed E-state index contributed by atoms with van der Waals surface area (Å²) in [6, 6.07) is 0. The van der Waals surface area contributed by atoms with E-state index >= 15 is 0 Å². The molecule has 3 N–H and O–H groups in total. The van der Waals surface area contributed by atoms with Crippen LogP contribution in [-0.2, 0) is 4.74 Å². The summed E-state index contributed by atoms with van der Waals surface area (Å²) in [5.74, 6) is 0. The molecule has 0 spiro atoms. The molecule has 0 bridgehead atoms. The van der Waals surface area contributed by atoms with Crippen LogP contribution in [-0.4, -0.2) is 53.6 Å². The highest BCUT2D eigenvalue weighted by molar-refractivity contribution is 6.15. The Morgan fingerprint density at radius 2 is 2.09 bits per heavy atom. The lowest BCUT2D eigenvalue weighted by atomic mass is 9.78. The van der Waals surface area contributed by atoms with E-state index in [-0.39, 0.29) is 6.61 Å². The smallest absolute Gasteiger partial charge is 0.146 e. The molecule has 4 atom stereocenters. The second-order valence-corrected chi connectivity index (χ2v) is 3.38. The van der Waals surface area contributed by atoms with Crippen molar-refractivity contribution >= 4 is 7.85 Å². The van der Waals surface area contributed by atoms with Crippen LogP contribution in [0.15, 0.2) is 0 Å². The molecular formula is C6H13BO4. The van der Waals surface area contributed by atoms with E-state index in [0.29, 0.717) is 0 Å². The Kier molecular flexibility index (Phi) is 2.25. The third-order valence-corrected chi connectivity index (χ3v) is 2.05. The van der Waals surface area contributed by atoms with Crippen LogP contribution in [0.3, 0.4) is 0 Å². The Balaban J connectivity index is 2.69. The van der Waals surface area contributed by atoms with Crippen molar-refractivity contribution in [1.29, 1.82) is 0 Å². The predicted octanol–water partition coefficient (Wildman–Crippen LogP) is -2.55. The van der Waals surface area contributed by atoms with Gasteiger partial charge in [-0.2, -0.15) is 0 Å². The van der Waals surface area contributed by atoms with Crippen LogP contribution in [0.2, 0.25) is 0 Å². The average molecular weight is 160 g/mol. The van der Waals surface area contributed by atoms with Gasteiger partial charge in [0.2, 0.25) is 0 Å². The number of rotatable bonds is 1. The lowest BCUT2D eigenvalue weighted by molar-refractivity contribution is -0.0333. The van der Waals surface area contributed by atoms with E-state index in [1.54, 1.807) is 14.8 Å². The van der Waals surface area contributed by atoms with Crippen molar-refractivity contribution in [2.45, 2.75) is 30.7 Å². The van der Waals surface area contributed by atoms with E-state index in [4.69, 9.17) is 9.84 Å².